The average Bonchev–Trinajstić information content (AvgIpc) is 2.75. The van der Waals surface area contributed by atoms with Gasteiger partial charge in [-0.3, -0.25) is 9.63 Å². The van der Waals surface area contributed by atoms with E-state index in [0.29, 0.717) is 6.42 Å². The van der Waals surface area contributed by atoms with Crippen LogP contribution in [0.25, 0.3) is 0 Å². The highest BCUT2D eigenvalue weighted by atomic mass is 16.7. The molecule has 1 amide bonds. The van der Waals surface area contributed by atoms with Crippen molar-refractivity contribution in [3.63, 3.8) is 0 Å². The fraction of sp³-hybridized carbons (Fsp3) is 0.208. The Morgan fingerprint density at radius 3 is 1.56 bits per heavy atom. The number of hydrogen-bond donors (Lipinski definition) is 1. The van der Waals surface area contributed by atoms with Crippen molar-refractivity contribution in [3.8, 4) is 0 Å². The van der Waals surface area contributed by atoms with E-state index in [9.17, 15) is 4.79 Å². The van der Waals surface area contributed by atoms with Gasteiger partial charge in [0.05, 0.1) is 0 Å². The molecule has 0 unspecified atom stereocenters. The fourth-order valence-electron chi connectivity index (χ4n) is 3.22. The summed E-state index contributed by atoms with van der Waals surface area (Å²) in [7, 11) is 0. The summed E-state index contributed by atoms with van der Waals surface area (Å²) in [6, 6.07) is 30.0. The normalized spacial score (nSPS) is 11.1. The third-order valence-electron chi connectivity index (χ3n) is 4.62. The number of benzene rings is 3. The summed E-state index contributed by atoms with van der Waals surface area (Å²) in [5, 5.41) is 0. The molecule has 0 radical (unpaired) electrons. The molecule has 0 atom stereocenters. The molecule has 3 aromatic carbocycles. The van der Waals surface area contributed by atoms with Gasteiger partial charge in [-0.25, -0.2) is 5.48 Å². The maximum atomic E-state index is 12.3. The van der Waals surface area contributed by atoms with E-state index >= 15 is 0 Å². The third kappa shape index (κ3) is 4.26. The molecular formula is C24H25NO2. The molecule has 0 aliphatic heterocycles. The van der Waals surface area contributed by atoms with E-state index in [2.05, 4.69) is 12.4 Å². The van der Waals surface area contributed by atoms with Crippen molar-refractivity contribution in [2.75, 3.05) is 0 Å². The van der Waals surface area contributed by atoms with E-state index < -0.39 is 5.60 Å². The number of unbranched alkanes of at least 4 members (excludes halogenated alkanes) is 1. The summed E-state index contributed by atoms with van der Waals surface area (Å²) >= 11 is 0. The molecular weight excluding hydrogens is 334 g/mol. The van der Waals surface area contributed by atoms with Gasteiger partial charge in [-0.05, 0) is 23.1 Å². The molecule has 0 bridgehead atoms. The van der Waals surface area contributed by atoms with Crippen LogP contribution < -0.4 is 5.48 Å². The van der Waals surface area contributed by atoms with Gasteiger partial charge in [0.25, 0.3) is 0 Å². The maximum Gasteiger partial charge on any atom is 0.243 e. The van der Waals surface area contributed by atoms with Crippen molar-refractivity contribution in [1.82, 2.24) is 5.48 Å². The van der Waals surface area contributed by atoms with E-state index in [4.69, 9.17) is 4.84 Å². The largest absolute Gasteiger partial charge is 0.273 e. The Kier molecular flexibility index (Phi) is 6.39. The minimum atomic E-state index is -0.925. The van der Waals surface area contributed by atoms with E-state index in [0.717, 1.165) is 29.5 Å². The molecule has 1 N–H and O–H groups in total. The van der Waals surface area contributed by atoms with Crippen LogP contribution in [-0.4, -0.2) is 5.91 Å². The van der Waals surface area contributed by atoms with Crippen LogP contribution in [0.4, 0.5) is 0 Å². The van der Waals surface area contributed by atoms with Crippen LogP contribution >= 0.6 is 0 Å². The Hall–Kier alpha value is -2.91. The van der Waals surface area contributed by atoms with E-state index in [1.54, 1.807) is 0 Å². The fourth-order valence-corrected chi connectivity index (χ4v) is 3.22. The van der Waals surface area contributed by atoms with Gasteiger partial charge in [0, 0.05) is 6.42 Å². The maximum absolute atomic E-state index is 12.3. The first-order valence-electron chi connectivity index (χ1n) is 9.41. The number of carbonyl (C=O) groups is 1. The second kappa shape index (κ2) is 9.15. The van der Waals surface area contributed by atoms with Crippen molar-refractivity contribution < 1.29 is 9.63 Å². The highest BCUT2D eigenvalue weighted by Gasteiger charge is 2.38. The number of nitrogens with one attached hydrogen (secondary N) is 1. The zero-order valence-corrected chi connectivity index (χ0v) is 15.6. The topological polar surface area (TPSA) is 38.3 Å². The molecule has 0 fully saturated rings. The second-order valence-corrected chi connectivity index (χ2v) is 6.51. The van der Waals surface area contributed by atoms with Crippen LogP contribution in [0.15, 0.2) is 91.0 Å². The van der Waals surface area contributed by atoms with Gasteiger partial charge in [0.1, 0.15) is 0 Å². The molecule has 27 heavy (non-hydrogen) atoms. The Balaban J connectivity index is 2.10. The first kappa shape index (κ1) is 18.9. The van der Waals surface area contributed by atoms with Crippen LogP contribution in [0, 0.1) is 0 Å². The van der Waals surface area contributed by atoms with Gasteiger partial charge >= 0.3 is 0 Å². The van der Waals surface area contributed by atoms with Crippen LogP contribution in [-0.2, 0) is 15.2 Å². The van der Waals surface area contributed by atoms with Crippen LogP contribution in [0.2, 0.25) is 0 Å². The molecule has 0 spiro atoms. The summed E-state index contributed by atoms with van der Waals surface area (Å²) in [6.07, 6.45) is 2.25. The number of hydrogen-bond acceptors (Lipinski definition) is 2. The lowest BCUT2D eigenvalue weighted by Crippen LogP contribution is -2.40. The van der Waals surface area contributed by atoms with Gasteiger partial charge in [-0.2, -0.15) is 0 Å². The first-order valence-corrected chi connectivity index (χ1v) is 9.41. The van der Waals surface area contributed by atoms with Crippen molar-refractivity contribution in [2.24, 2.45) is 0 Å². The van der Waals surface area contributed by atoms with Crippen LogP contribution in [0.1, 0.15) is 42.9 Å². The number of carbonyl (C=O) groups excluding carboxylic acids is 1. The Labute approximate surface area is 161 Å². The second-order valence-electron chi connectivity index (χ2n) is 6.51. The quantitative estimate of drug-likeness (QED) is 0.442. The average molecular weight is 359 g/mol. The lowest BCUT2D eigenvalue weighted by molar-refractivity contribution is -0.143. The minimum absolute atomic E-state index is 0.107. The van der Waals surface area contributed by atoms with E-state index in [-0.39, 0.29) is 5.91 Å². The first-order chi connectivity index (χ1) is 13.3. The zero-order chi connectivity index (χ0) is 19.0. The summed E-state index contributed by atoms with van der Waals surface area (Å²) in [5.74, 6) is -0.107. The van der Waals surface area contributed by atoms with Gasteiger partial charge in [0.2, 0.25) is 5.91 Å². The molecule has 0 saturated carbocycles. The van der Waals surface area contributed by atoms with E-state index in [1.165, 1.54) is 0 Å². The predicted molar refractivity (Wildman–Crippen MR) is 108 cm³/mol. The Morgan fingerprint density at radius 2 is 1.19 bits per heavy atom. The zero-order valence-electron chi connectivity index (χ0n) is 15.6. The SMILES string of the molecule is CCCCC(=O)NOC(c1ccccc1)(c1ccccc1)c1ccccc1. The van der Waals surface area contributed by atoms with E-state index in [1.807, 2.05) is 91.0 Å². The summed E-state index contributed by atoms with van der Waals surface area (Å²) in [5.41, 5.74) is 4.66. The highest BCUT2D eigenvalue weighted by molar-refractivity contribution is 5.74. The van der Waals surface area contributed by atoms with Gasteiger partial charge in [-0.15, -0.1) is 0 Å². The van der Waals surface area contributed by atoms with Crippen molar-refractivity contribution in [2.45, 2.75) is 31.8 Å². The molecule has 0 aromatic heterocycles. The van der Waals surface area contributed by atoms with Crippen molar-refractivity contribution in [3.05, 3.63) is 108 Å². The van der Waals surface area contributed by atoms with Crippen LogP contribution in [0.5, 0.6) is 0 Å². The molecule has 3 aromatic rings. The van der Waals surface area contributed by atoms with Gasteiger partial charge in [0.15, 0.2) is 5.60 Å². The standard InChI is InChI=1S/C24H25NO2/c1-2-3-19-23(26)25-27-24(20-13-7-4-8-14-20,21-15-9-5-10-16-21)22-17-11-6-12-18-22/h4-18H,2-3,19H2,1H3,(H,25,26). The Morgan fingerprint density at radius 1 is 0.778 bits per heavy atom. The summed E-state index contributed by atoms with van der Waals surface area (Å²) < 4.78 is 0. The minimum Gasteiger partial charge on any atom is -0.273 e. The molecule has 138 valence electrons. The summed E-state index contributed by atoms with van der Waals surface area (Å²) in [6.45, 7) is 2.07. The van der Waals surface area contributed by atoms with Gasteiger partial charge in [-0.1, -0.05) is 104 Å². The smallest absolute Gasteiger partial charge is 0.243 e. The molecule has 3 rings (SSSR count). The van der Waals surface area contributed by atoms with Crippen molar-refractivity contribution in [1.29, 1.82) is 0 Å². The predicted octanol–water partition coefficient (Wildman–Crippen LogP) is 5.22. The third-order valence-corrected chi connectivity index (χ3v) is 4.62. The number of rotatable bonds is 8. The highest BCUT2D eigenvalue weighted by Crippen LogP contribution is 2.39. The molecule has 0 heterocycles. The summed E-state index contributed by atoms with van der Waals surface area (Å²) in [4.78, 5) is 18.6. The monoisotopic (exact) mass is 359 g/mol. The lowest BCUT2D eigenvalue weighted by Gasteiger charge is -2.35. The van der Waals surface area contributed by atoms with Crippen molar-refractivity contribution >= 4 is 5.91 Å². The molecule has 3 nitrogen and oxygen atoms in total. The lowest BCUT2D eigenvalue weighted by atomic mass is 9.80. The molecule has 0 saturated heterocycles. The molecule has 3 heteroatoms. The molecule has 0 aliphatic rings. The van der Waals surface area contributed by atoms with Gasteiger partial charge < -0.3 is 0 Å². The van der Waals surface area contributed by atoms with Crippen LogP contribution in [0.3, 0.4) is 0 Å². The Bertz CT molecular complexity index is 735. The number of amides is 1. The number of hydroxylamine groups is 1. The molecule has 0 aliphatic carbocycles.